The Morgan fingerprint density at radius 1 is 1.17 bits per heavy atom. The molecular formula is C17H16N6. The topological polar surface area (TPSA) is 101 Å². The number of nitrogen functional groups attached to an aromatic ring is 1. The SMILES string of the molecule is N=C/C(=C\NCc1ccncc1)c1ccc2ncnc(N)c2c1. The summed E-state index contributed by atoms with van der Waals surface area (Å²) in [6.07, 6.45) is 8.07. The van der Waals surface area contributed by atoms with E-state index >= 15 is 0 Å². The van der Waals surface area contributed by atoms with Crippen LogP contribution in [-0.2, 0) is 6.54 Å². The second kappa shape index (κ2) is 6.65. The number of hydrogen-bond donors (Lipinski definition) is 3. The van der Waals surface area contributed by atoms with E-state index in [2.05, 4.69) is 20.3 Å². The summed E-state index contributed by atoms with van der Waals surface area (Å²) in [7, 11) is 0. The Hall–Kier alpha value is -3.28. The minimum Gasteiger partial charge on any atom is -0.386 e. The highest BCUT2D eigenvalue weighted by Crippen LogP contribution is 2.21. The average molecular weight is 304 g/mol. The van der Waals surface area contributed by atoms with E-state index in [9.17, 15) is 0 Å². The zero-order valence-corrected chi connectivity index (χ0v) is 12.4. The lowest BCUT2D eigenvalue weighted by molar-refractivity contribution is 0.870. The third kappa shape index (κ3) is 3.32. The molecule has 0 saturated carbocycles. The molecule has 1 aromatic carbocycles. The van der Waals surface area contributed by atoms with Crippen LogP contribution in [0.5, 0.6) is 0 Å². The molecule has 23 heavy (non-hydrogen) atoms. The Balaban J connectivity index is 1.84. The van der Waals surface area contributed by atoms with Gasteiger partial charge in [-0.25, -0.2) is 9.97 Å². The lowest BCUT2D eigenvalue weighted by atomic mass is 10.1. The molecule has 0 saturated heterocycles. The number of nitrogens with zero attached hydrogens (tertiary/aromatic N) is 3. The maximum absolute atomic E-state index is 7.64. The van der Waals surface area contributed by atoms with Gasteiger partial charge in [0.1, 0.15) is 12.1 Å². The molecule has 3 aromatic rings. The lowest BCUT2D eigenvalue weighted by Crippen LogP contribution is -2.06. The van der Waals surface area contributed by atoms with E-state index < -0.39 is 0 Å². The molecule has 114 valence electrons. The highest BCUT2D eigenvalue weighted by molar-refractivity contribution is 6.09. The van der Waals surface area contributed by atoms with Crippen molar-refractivity contribution in [3.05, 3.63) is 66.4 Å². The van der Waals surface area contributed by atoms with Crippen LogP contribution in [0.2, 0.25) is 0 Å². The van der Waals surface area contributed by atoms with Crippen LogP contribution in [0.3, 0.4) is 0 Å². The van der Waals surface area contributed by atoms with Gasteiger partial charge >= 0.3 is 0 Å². The molecule has 0 spiro atoms. The summed E-state index contributed by atoms with van der Waals surface area (Å²) in [5.74, 6) is 0.436. The third-order valence-electron chi connectivity index (χ3n) is 3.47. The van der Waals surface area contributed by atoms with Crippen LogP contribution in [0.1, 0.15) is 11.1 Å². The molecule has 3 rings (SSSR count). The Bertz CT molecular complexity index is 857. The minimum absolute atomic E-state index is 0.436. The summed E-state index contributed by atoms with van der Waals surface area (Å²) in [5.41, 5.74) is 9.44. The first-order chi connectivity index (χ1) is 11.3. The van der Waals surface area contributed by atoms with E-state index in [0.29, 0.717) is 12.4 Å². The van der Waals surface area contributed by atoms with Gasteiger partial charge in [-0.15, -0.1) is 0 Å². The smallest absolute Gasteiger partial charge is 0.134 e. The van der Waals surface area contributed by atoms with E-state index in [1.54, 1.807) is 12.4 Å². The Morgan fingerprint density at radius 3 is 2.78 bits per heavy atom. The summed E-state index contributed by atoms with van der Waals surface area (Å²) in [6.45, 7) is 0.665. The number of benzene rings is 1. The van der Waals surface area contributed by atoms with Crippen molar-refractivity contribution in [3.63, 3.8) is 0 Å². The normalized spacial score (nSPS) is 11.4. The molecule has 0 aliphatic carbocycles. The molecule has 0 aliphatic heterocycles. The van der Waals surface area contributed by atoms with E-state index in [-0.39, 0.29) is 0 Å². The Morgan fingerprint density at radius 2 is 2.00 bits per heavy atom. The van der Waals surface area contributed by atoms with Crippen molar-refractivity contribution >= 4 is 28.5 Å². The number of rotatable bonds is 5. The van der Waals surface area contributed by atoms with E-state index in [1.165, 1.54) is 12.5 Å². The summed E-state index contributed by atoms with van der Waals surface area (Å²) in [4.78, 5) is 12.2. The third-order valence-corrected chi connectivity index (χ3v) is 3.47. The van der Waals surface area contributed by atoms with Crippen LogP contribution in [0.15, 0.2) is 55.3 Å². The van der Waals surface area contributed by atoms with Gasteiger partial charge in [0.2, 0.25) is 0 Å². The molecule has 0 radical (unpaired) electrons. The van der Waals surface area contributed by atoms with Crippen LogP contribution in [0, 0.1) is 5.41 Å². The molecule has 0 amide bonds. The average Bonchev–Trinajstić information content (AvgIpc) is 2.60. The number of hydrogen-bond acceptors (Lipinski definition) is 6. The first-order valence-corrected chi connectivity index (χ1v) is 7.11. The van der Waals surface area contributed by atoms with Crippen molar-refractivity contribution in [1.82, 2.24) is 20.3 Å². The zero-order chi connectivity index (χ0) is 16.1. The zero-order valence-electron chi connectivity index (χ0n) is 12.4. The molecule has 4 N–H and O–H groups in total. The summed E-state index contributed by atoms with van der Waals surface area (Å²) in [6, 6.07) is 9.58. The van der Waals surface area contributed by atoms with E-state index in [4.69, 9.17) is 11.1 Å². The maximum Gasteiger partial charge on any atom is 0.134 e. The molecule has 2 aromatic heterocycles. The molecule has 0 aliphatic rings. The van der Waals surface area contributed by atoms with Crippen molar-refractivity contribution in [3.8, 4) is 0 Å². The fraction of sp³-hybridized carbons (Fsp3) is 0.0588. The van der Waals surface area contributed by atoms with Crippen LogP contribution >= 0.6 is 0 Å². The van der Waals surface area contributed by atoms with E-state index in [0.717, 1.165) is 27.6 Å². The molecule has 0 bridgehead atoms. The van der Waals surface area contributed by atoms with Gasteiger partial charge in [-0.3, -0.25) is 4.98 Å². The second-order valence-corrected chi connectivity index (χ2v) is 4.97. The molecule has 0 fully saturated rings. The highest BCUT2D eigenvalue weighted by atomic mass is 14.9. The largest absolute Gasteiger partial charge is 0.386 e. The fourth-order valence-corrected chi connectivity index (χ4v) is 2.24. The van der Waals surface area contributed by atoms with Gasteiger partial charge in [0.05, 0.1) is 5.52 Å². The predicted octanol–water partition coefficient (Wildman–Crippen LogP) is 2.39. The second-order valence-electron chi connectivity index (χ2n) is 4.97. The quantitative estimate of drug-likeness (QED) is 0.628. The maximum atomic E-state index is 7.64. The number of anilines is 1. The Kier molecular flexibility index (Phi) is 4.24. The number of nitrogens with two attached hydrogens (primary N) is 1. The number of aromatic nitrogens is 3. The molecule has 6 heteroatoms. The standard InChI is InChI=1S/C17H16N6/c18-8-14(10-21-9-12-3-5-20-6-4-12)13-1-2-16-15(7-13)17(19)23-11-22-16/h1-8,10-11,18,21H,9H2,(H2,19,22,23)/b14-10+,18-8?. The lowest BCUT2D eigenvalue weighted by Gasteiger charge is -2.07. The fourth-order valence-electron chi connectivity index (χ4n) is 2.24. The Labute approximate surface area is 133 Å². The predicted molar refractivity (Wildman–Crippen MR) is 91.8 cm³/mol. The number of allylic oxidation sites excluding steroid dienone is 1. The van der Waals surface area contributed by atoms with Gasteiger partial charge in [0, 0.05) is 42.3 Å². The van der Waals surface area contributed by atoms with Crippen molar-refractivity contribution in [1.29, 1.82) is 5.41 Å². The van der Waals surface area contributed by atoms with Gasteiger partial charge in [-0.05, 0) is 35.4 Å². The number of nitrogens with one attached hydrogen (secondary N) is 2. The molecule has 6 nitrogen and oxygen atoms in total. The number of pyridine rings is 1. The first-order valence-electron chi connectivity index (χ1n) is 7.11. The van der Waals surface area contributed by atoms with Crippen LogP contribution in [0.25, 0.3) is 16.5 Å². The molecular weight excluding hydrogens is 288 g/mol. The van der Waals surface area contributed by atoms with Crippen LogP contribution in [0.4, 0.5) is 5.82 Å². The van der Waals surface area contributed by atoms with E-state index in [1.807, 2.05) is 36.5 Å². The van der Waals surface area contributed by atoms with Crippen LogP contribution < -0.4 is 11.1 Å². The minimum atomic E-state index is 0.436. The molecule has 0 unspecified atom stereocenters. The van der Waals surface area contributed by atoms with Gasteiger partial charge in [0.25, 0.3) is 0 Å². The van der Waals surface area contributed by atoms with Crippen molar-refractivity contribution < 1.29 is 0 Å². The summed E-state index contributed by atoms with van der Waals surface area (Å²) < 4.78 is 0. The molecule has 2 heterocycles. The van der Waals surface area contributed by atoms with Gasteiger partial charge < -0.3 is 16.5 Å². The monoisotopic (exact) mass is 304 g/mol. The first kappa shape index (κ1) is 14.6. The highest BCUT2D eigenvalue weighted by Gasteiger charge is 2.04. The van der Waals surface area contributed by atoms with Gasteiger partial charge in [-0.2, -0.15) is 0 Å². The van der Waals surface area contributed by atoms with Gasteiger partial charge in [-0.1, -0.05) is 6.07 Å². The van der Waals surface area contributed by atoms with Crippen LogP contribution in [-0.4, -0.2) is 21.2 Å². The van der Waals surface area contributed by atoms with Crippen molar-refractivity contribution in [2.45, 2.75) is 6.54 Å². The number of fused-ring (bicyclic) bond motifs is 1. The van der Waals surface area contributed by atoms with Gasteiger partial charge in [0.15, 0.2) is 0 Å². The van der Waals surface area contributed by atoms with Crippen molar-refractivity contribution in [2.24, 2.45) is 0 Å². The van der Waals surface area contributed by atoms with Crippen molar-refractivity contribution in [2.75, 3.05) is 5.73 Å². The summed E-state index contributed by atoms with van der Waals surface area (Å²) >= 11 is 0. The molecule has 0 atom stereocenters. The summed E-state index contributed by atoms with van der Waals surface area (Å²) in [5, 5.41) is 11.6.